The smallest absolute Gasteiger partial charge is 0.259 e. The zero-order valence-electron chi connectivity index (χ0n) is 20.1. The van der Waals surface area contributed by atoms with E-state index in [2.05, 4.69) is 20.4 Å². The van der Waals surface area contributed by atoms with Gasteiger partial charge in [-0.15, -0.1) is 0 Å². The molecule has 0 saturated carbocycles. The minimum Gasteiger partial charge on any atom is -0.507 e. The van der Waals surface area contributed by atoms with Crippen molar-refractivity contribution in [1.29, 1.82) is 0 Å². The van der Waals surface area contributed by atoms with E-state index < -0.39 is 5.91 Å². The lowest BCUT2D eigenvalue weighted by atomic mass is 10.1. The molecule has 0 spiro atoms. The van der Waals surface area contributed by atoms with Crippen molar-refractivity contribution in [2.75, 3.05) is 46.6 Å². The maximum atomic E-state index is 12.7. The second-order valence-corrected chi connectivity index (χ2v) is 9.61. The molecule has 0 bridgehead atoms. The lowest BCUT2D eigenvalue weighted by Crippen LogP contribution is -2.34. The summed E-state index contributed by atoms with van der Waals surface area (Å²) in [7, 11) is 0. The molecule has 0 radical (unpaired) electrons. The van der Waals surface area contributed by atoms with Crippen LogP contribution in [0.2, 0.25) is 5.02 Å². The molecule has 2 aliphatic heterocycles. The van der Waals surface area contributed by atoms with Crippen LogP contribution in [0.3, 0.4) is 0 Å². The molecule has 3 heterocycles. The van der Waals surface area contributed by atoms with Crippen LogP contribution in [0.4, 0.5) is 29.2 Å². The first-order chi connectivity index (χ1) is 17.5. The molecule has 10 heteroatoms. The molecule has 0 atom stereocenters. The summed E-state index contributed by atoms with van der Waals surface area (Å²) >= 11 is 5.99. The summed E-state index contributed by atoms with van der Waals surface area (Å²) in [4.78, 5) is 31.3. The van der Waals surface area contributed by atoms with E-state index in [1.807, 2.05) is 0 Å². The molecule has 3 aromatic rings. The Hall–Kier alpha value is -3.59. The number of phenols is 1. The van der Waals surface area contributed by atoms with Crippen molar-refractivity contribution in [3.05, 3.63) is 53.1 Å². The molecule has 1 aromatic heterocycles. The Labute approximate surface area is 215 Å². The summed E-state index contributed by atoms with van der Waals surface area (Å²) in [5.41, 5.74) is 1.28. The van der Waals surface area contributed by atoms with Gasteiger partial charge in [0.05, 0.1) is 5.56 Å². The van der Waals surface area contributed by atoms with Gasteiger partial charge in [-0.05, 0) is 68.9 Å². The maximum Gasteiger partial charge on any atom is 0.259 e. The Morgan fingerprint density at radius 2 is 1.44 bits per heavy atom. The molecule has 2 aliphatic rings. The van der Waals surface area contributed by atoms with Gasteiger partial charge < -0.3 is 25.5 Å². The van der Waals surface area contributed by atoms with Gasteiger partial charge in [0.1, 0.15) is 5.75 Å². The van der Waals surface area contributed by atoms with Gasteiger partial charge in [0, 0.05) is 48.6 Å². The van der Waals surface area contributed by atoms with E-state index in [0.717, 1.165) is 51.9 Å². The van der Waals surface area contributed by atoms with Gasteiger partial charge in [0.15, 0.2) is 0 Å². The highest BCUT2D eigenvalue weighted by atomic mass is 35.5. The quantitative estimate of drug-likeness (QED) is 0.417. The van der Waals surface area contributed by atoms with E-state index in [0.29, 0.717) is 34.2 Å². The number of piperidine rings is 2. The fraction of sp³-hybridized carbons (Fsp3) is 0.385. The monoisotopic (exact) mass is 507 g/mol. The minimum absolute atomic E-state index is 0.152. The Morgan fingerprint density at radius 3 is 2.03 bits per heavy atom. The van der Waals surface area contributed by atoms with Crippen LogP contribution in [-0.4, -0.2) is 52.1 Å². The van der Waals surface area contributed by atoms with Crippen LogP contribution >= 0.6 is 11.6 Å². The summed E-state index contributed by atoms with van der Waals surface area (Å²) in [5, 5.41) is 17.1. The van der Waals surface area contributed by atoms with Gasteiger partial charge in [0.25, 0.3) is 5.91 Å². The van der Waals surface area contributed by atoms with Crippen LogP contribution in [0.1, 0.15) is 48.9 Å². The Morgan fingerprint density at radius 1 is 0.806 bits per heavy atom. The van der Waals surface area contributed by atoms with Crippen LogP contribution < -0.4 is 20.4 Å². The first-order valence-electron chi connectivity index (χ1n) is 12.5. The predicted octanol–water partition coefficient (Wildman–Crippen LogP) is 5.21. The van der Waals surface area contributed by atoms with Crippen LogP contribution in [0.15, 0.2) is 42.5 Å². The fourth-order valence-electron chi connectivity index (χ4n) is 4.58. The van der Waals surface area contributed by atoms with Crippen molar-refractivity contribution < 1.29 is 9.90 Å². The number of hydrogen-bond acceptors (Lipinski definition) is 8. The molecular formula is C26H30ClN7O2. The van der Waals surface area contributed by atoms with Crippen molar-refractivity contribution in [3.63, 3.8) is 0 Å². The van der Waals surface area contributed by atoms with E-state index >= 15 is 0 Å². The number of phenolic OH excluding ortho intramolecular Hbond substituents is 1. The molecule has 2 saturated heterocycles. The molecule has 188 valence electrons. The van der Waals surface area contributed by atoms with Crippen molar-refractivity contribution in [2.24, 2.45) is 0 Å². The van der Waals surface area contributed by atoms with Crippen LogP contribution in [-0.2, 0) is 0 Å². The molecule has 2 fully saturated rings. The number of hydrogen-bond donors (Lipinski definition) is 3. The van der Waals surface area contributed by atoms with Gasteiger partial charge >= 0.3 is 0 Å². The normalized spacial score (nSPS) is 16.0. The molecular weight excluding hydrogens is 478 g/mol. The van der Waals surface area contributed by atoms with Crippen molar-refractivity contribution >= 4 is 46.7 Å². The number of rotatable bonds is 6. The Kier molecular flexibility index (Phi) is 7.36. The average Bonchev–Trinajstić information content (AvgIpc) is 2.89. The van der Waals surface area contributed by atoms with Gasteiger partial charge in [-0.3, -0.25) is 4.79 Å². The Bertz CT molecular complexity index is 1190. The summed E-state index contributed by atoms with van der Waals surface area (Å²) in [5.74, 6) is 1.19. The fourth-order valence-corrected chi connectivity index (χ4v) is 4.77. The Balaban J connectivity index is 1.36. The number of aromatic nitrogens is 3. The zero-order valence-corrected chi connectivity index (χ0v) is 20.8. The SMILES string of the molecule is O=C(Nc1cccc(Cl)c1)c1ccc(Nc2nc(N3CCCCC3)nc(N3CCCCC3)n2)cc1O. The predicted molar refractivity (Wildman–Crippen MR) is 143 cm³/mol. The summed E-state index contributed by atoms with van der Waals surface area (Å²) in [6.07, 6.45) is 6.95. The second-order valence-electron chi connectivity index (χ2n) is 9.18. The number of amides is 1. The first kappa shape index (κ1) is 24.1. The van der Waals surface area contributed by atoms with E-state index in [1.54, 1.807) is 36.4 Å². The first-order valence-corrected chi connectivity index (χ1v) is 12.9. The van der Waals surface area contributed by atoms with Crippen LogP contribution in [0.5, 0.6) is 5.75 Å². The van der Waals surface area contributed by atoms with Crippen LogP contribution in [0.25, 0.3) is 0 Å². The molecule has 0 unspecified atom stereocenters. The molecule has 3 N–H and O–H groups in total. The third kappa shape index (κ3) is 5.79. The third-order valence-electron chi connectivity index (χ3n) is 6.47. The molecule has 1 amide bonds. The van der Waals surface area contributed by atoms with Gasteiger partial charge in [0.2, 0.25) is 17.8 Å². The summed E-state index contributed by atoms with van der Waals surface area (Å²) < 4.78 is 0. The van der Waals surface area contributed by atoms with Gasteiger partial charge in [-0.1, -0.05) is 17.7 Å². The standard InChI is InChI=1S/C26H30ClN7O2/c27-18-8-7-9-19(16-18)28-23(36)21-11-10-20(17-22(21)35)29-24-30-25(33-12-3-1-4-13-33)32-26(31-24)34-14-5-2-6-15-34/h7-11,16-17,35H,1-6,12-15H2,(H,28,36)(H,29,30,31,32). The topological polar surface area (TPSA) is 107 Å². The number of carbonyl (C=O) groups excluding carboxylic acids is 1. The largest absolute Gasteiger partial charge is 0.507 e. The zero-order chi connectivity index (χ0) is 24.9. The number of nitrogens with zero attached hydrogens (tertiary/aromatic N) is 5. The van der Waals surface area contributed by atoms with Crippen molar-refractivity contribution in [2.45, 2.75) is 38.5 Å². The average molecular weight is 508 g/mol. The molecule has 2 aromatic carbocycles. The molecule has 5 rings (SSSR count). The van der Waals surface area contributed by atoms with E-state index in [4.69, 9.17) is 26.6 Å². The van der Waals surface area contributed by atoms with Gasteiger partial charge in [-0.25, -0.2) is 0 Å². The number of aromatic hydroxyl groups is 1. The minimum atomic E-state index is -0.429. The van der Waals surface area contributed by atoms with Crippen LogP contribution in [0, 0.1) is 0 Å². The maximum absolute atomic E-state index is 12.7. The number of benzene rings is 2. The second kappa shape index (κ2) is 11.0. The lowest BCUT2D eigenvalue weighted by molar-refractivity contribution is 0.102. The summed E-state index contributed by atoms with van der Waals surface area (Å²) in [6.45, 7) is 3.72. The number of nitrogens with one attached hydrogen (secondary N) is 2. The third-order valence-corrected chi connectivity index (χ3v) is 6.71. The van der Waals surface area contributed by atoms with Crippen molar-refractivity contribution in [3.8, 4) is 5.75 Å². The highest BCUT2D eigenvalue weighted by Crippen LogP contribution is 2.27. The van der Waals surface area contributed by atoms with E-state index in [1.165, 1.54) is 18.9 Å². The number of halogens is 1. The van der Waals surface area contributed by atoms with E-state index in [9.17, 15) is 9.90 Å². The van der Waals surface area contributed by atoms with Crippen molar-refractivity contribution in [1.82, 2.24) is 15.0 Å². The molecule has 36 heavy (non-hydrogen) atoms. The highest BCUT2D eigenvalue weighted by Gasteiger charge is 2.21. The lowest BCUT2D eigenvalue weighted by Gasteiger charge is -2.30. The summed E-state index contributed by atoms with van der Waals surface area (Å²) in [6, 6.07) is 11.6. The highest BCUT2D eigenvalue weighted by molar-refractivity contribution is 6.31. The number of carbonyl (C=O) groups is 1. The molecule has 0 aliphatic carbocycles. The van der Waals surface area contributed by atoms with E-state index in [-0.39, 0.29) is 11.3 Å². The van der Waals surface area contributed by atoms with Gasteiger partial charge in [-0.2, -0.15) is 15.0 Å². The number of anilines is 5. The molecule has 9 nitrogen and oxygen atoms in total.